The molecule has 1 aromatic heterocycles. The Bertz CT molecular complexity index is 1410. The van der Waals surface area contributed by atoms with Gasteiger partial charge in [-0.2, -0.15) is 0 Å². The molecule has 2 heterocycles. The maximum Gasteiger partial charge on any atom is 0.169 e. The number of allylic oxidation sites excluding steroid dienone is 3. The number of benzene rings is 2. The van der Waals surface area contributed by atoms with Crippen molar-refractivity contribution in [3.05, 3.63) is 120 Å². The van der Waals surface area contributed by atoms with Gasteiger partial charge in [-0.25, -0.2) is 4.57 Å². The van der Waals surface area contributed by atoms with Crippen LogP contribution in [-0.4, -0.2) is 56.7 Å². The van der Waals surface area contributed by atoms with E-state index in [2.05, 4.69) is 163 Å². The standard InChI is InChI=1S/C40H53N4S2/c1-5-43-29-23-37(24-30-43)13-11-35-15-19-39(20-16-35)41(3)27-7-9-33-45-46-34-10-8-28-42(4)40-21-17-36(18-22-40)12-14-38-25-31-44(6-2)32-26-38/h11-26,29-31H,5-10,27-28,32-34H2,1-4H3/q+1/b14-12+. The van der Waals surface area contributed by atoms with E-state index in [1.165, 1.54) is 70.8 Å². The Balaban J connectivity index is 1.01. The molecular formula is C40H53N4S2+. The number of aromatic nitrogens is 1. The van der Waals surface area contributed by atoms with Gasteiger partial charge in [0, 0.05) is 75.3 Å². The van der Waals surface area contributed by atoms with Gasteiger partial charge in [-0.3, -0.25) is 0 Å². The average molecular weight is 654 g/mol. The second kappa shape index (κ2) is 20.0. The number of likely N-dealkylation sites (N-methyl/N-ethyl adjacent to an activating group) is 1. The normalized spacial score (nSPS) is 13.1. The number of hydrogen-bond donors (Lipinski definition) is 0. The molecule has 4 rings (SSSR count). The van der Waals surface area contributed by atoms with Crippen LogP contribution in [0.25, 0.3) is 18.2 Å². The molecule has 0 fully saturated rings. The number of unbranched alkanes of at least 4 members (excludes halogenated alkanes) is 2. The van der Waals surface area contributed by atoms with Gasteiger partial charge >= 0.3 is 0 Å². The van der Waals surface area contributed by atoms with Crippen LogP contribution in [0.5, 0.6) is 0 Å². The number of nitrogens with zero attached hydrogens (tertiary/aromatic N) is 4. The second-order valence-corrected chi connectivity index (χ2v) is 14.5. The van der Waals surface area contributed by atoms with E-state index in [4.69, 9.17) is 0 Å². The van der Waals surface area contributed by atoms with E-state index in [0.717, 1.165) is 32.7 Å². The fourth-order valence-electron chi connectivity index (χ4n) is 5.15. The molecule has 0 amide bonds. The molecule has 0 unspecified atom stereocenters. The van der Waals surface area contributed by atoms with Gasteiger partial charge in [0.1, 0.15) is 6.54 Å². The number of anilines is 2. The summed E-state index contributed by atoms with van der Waals surface area (Å²) in [5.74, 6) is 2.46. The lowest BCUT2D eigenvalue weighted by Gasteiger charge is -2.20. The summed E-state index contributed by atoms with van der Waals surface area (Å²) in [6.07, 6.45) is 24.7. The Labute approximate surface area is 287 Å². The molecule has 3 aromatic rings. The Morgan fingerprint density at radius 3 is 1.63 bits per heavy atom. The molecule has 0 N–H and O–H groups in total. The Kier molecular flexibility index (Phi) is 15.4. The summed E-state index contributed by atoms with van der Waals surface area (Å²) in [7, 11) is 8.49. The summed E-state index contributed by atoms with van der Waals surface area (Å²) in [4.78, 5) is 7.05. The van der Waals surface area contributed by atoms with Crippen LogP contribution in [0.2, 0.25) is 0 Å². The van der Waals surface area contributed by atoms with Crippen LogP contribution < -0.4 is 14.4 Å². The zero-order valence-electron chi connectivity index (χ0n) is 28.4. The Hall–Kier alpha value is -3.35. The van der Waals surface area contributed by atoms with Gasteiger partial charge in [0.2, 0.25) is 0 Å². The average Bonchev–Trinajstić information content (AvgIpc) is 3.11. The highest BCUT2D eigenvalue weighted by atomic mass is 33.1. The number of aryl methyl sites for hydroxylation is 1. The third kappa shape index (κ3) is 12.4. The SMILES string of the molecule is CCN1C=CC(/C=C/c2ccc(N(C)CCCCSSCCCCN(C)c3ccc(/C=C/c4cc[n+](CC)cc4)cc3)cc2)=CC1. The molecule has 0 aliphatic carbocycles. The molecule has 0 radical (unpaired) electrons. The third-order valence-electron chi connectivity index (χ3n) is 8.36. The highest BCUT2D eigenvalue weighted by molar-refractivity contribution is 8.76. The van der Waals surface area contributed by atoms with Crippen LogP contribution in [0.1, 0.15) is 56.2 Å². The molecule has 0 saturated heterocycles. The molecule has 1 aliphatic heterocycles. The fourth-order valence-corrected chi connectivity index (χ4v) is 7.45. The van der Waals surface area contributed by atoms with Crippen LogP contribution in [0.4, 0.5) is 11.4 Å². The minimum atomic E-state index is 0.996. The van der Waals surface area contributed by atoms with Crippen molar-refractivity contribution in [3.8, 4) is 0 Å². The van der Waals surface area contributed by atoms with E-state index in [-0.39, 0.29) is 0 Å². The highest BCUT2D eigenvalue weighted by Gasteiger charge is 2.04. The van der Waals surface area contributed by atoms with E-state index < -0.39 is 0 Å². The second-order valence-electron chi connectivity index (χ2n) is 11.8. The van der Waals surface area contributed by atoms with Gasteiger partial charge in [-0.15, -0.1) is 0 Å². The van der Waals surface area contributed by atoms with E-state index >= 15 is 0 Å². The van der Waals surface area contributed by atoms with Crippen LogP contribution in [-0.2, 0) is 6.54 Å². The number of rotatable bonds is 19. The monoisotopic (exact) mass is 653 g/mol. The zero-order chi connectivity index (χ0) is 32.4. The molecule has 0 saturated carbocycles. The van der Waals surface area contributed by atoms with Crippen molar-refractivity contribution in [2.45, 2.75) is 46.1 Å². The largest absolute Gasteiger partial charge is 0.375 e. The Morgan fingerprint density at radius 1 is 0.674 bits per heavy atom. The van der Waals surface area contributed by atoms with Crippen molar-refractivity contribution in [1.29, 1.82) is 0 Å². The molecule has 46 heavy (non-hydrogen) atoms. The molecule has 4 nitrogen and oxygen atoms in total. The zero-order valence-corrected chi connectivity index (χ0v) is 30.0. The van der Waals surface area contributed by atoms with E-state index in [1.807, 2.05) is 21.6 Å². The minimum Gasteiger partial charge on any atom is -0.375 e. The topological polar surface area (TPSA) is 13.6 Å². The van der Waals surface area contributed by atoms with E-state index in [0.29, 0.717) is 0 Å². The third-order valence-corrected chi connectivity index (χ3v) is 10.9. The van der Waals surface area contributed by atoms with Crippen molar-refractivity contribution in [3.63, 3.8) is 0 Å². The van der Waals surface area contributed by atoms with Gasteiger partial charge in [-0.1, -0.05) is 76.2 Å². The summed E-state index contributed by atoms with van der Waals surface area (Å²) in [5.41, 5.74) is 7.57. The van der Waals surface area contributed by atoms with E-state index in [1.54, 1.807) is 0 Å². The van der Waals surface area contributed by atoms with Gasteiger partial charge < -0.3 is 14.7 Å². The van der Waals surface area contributed by atoms with Crippen molar-refractivity contribution < 1.29 is 4.57 Å². The quantitative estimate of drug-likeness (QED) is 0.0725. The van der Waals surface area contributed by atoms with Crippen molar-refractivity contribution in [2.75, 3.05) is 61.6 Å². The van der Waals surface area contributed by atoms with Crippen LogP contribution >= 0.6 is 21.6 Å². The number of pyridine rings is 1. The predicted molar refractivity (Wildman–Crippen MR) is 208 cm³/mol. The first-order valence-corrected chi connectivity index (χ1v) is 19.4. The van der Waals surface area contributed by atoms with Gasteiger partial charge in [-0.05, 0) is 98.3 Å². The maximum absolute atomic E-state index is 2.38. The molecule has 2 aromatic carbocycles. The summed E-state index contributed by atoms with van der Waals surface area (Å²) in [6.45, 7) is 9.59. The van der Waals surface area contributed by atoms with Crippen LogP contribution in [0, 0.1) is 0 Å². The Morgan fingerprint density at radius 2 is 1.17 bits per heavy atom. The molecule has 6 heteroatoms. The van der Waals surface area contributed by atoms with Crippen LogP contribution in [0.3, 0.4) is 0 Å². The molecule has 0 bridgehead atoms. The predicted octanol–water partition coefficient (Wildman–Crippen LogP) is 9.47. The van der Waals surface area contributed by atoms with Gasteiger partial charge in [0.15, 0.2) is 12.4 Å². The maximum atomic E-state index is 2.38. The number of hydrogen-bond acceptors (Lipinski definition) is 5. The van der Waals surface area contributed by atoms with Crippen molar-refractivity contribution >= 4 is 51.2 Å². The lowest BCUT2D eigenvalue weighted by Crippen LogP contribution is -2.30. The summed E-state index contributed by atoms with van der Waals surface area (Å²) >= 11 is 0. The smallest absolute Gasteiger partial charge is 0.169 e. The van der Waals surface area contributed by atoms with E-state index in [9.17, 15) is 0 Å². The summed E-state index contributed by atoms with van der Waals surface area (Å²) in [5, 5.41) is 0. The molecular weight excluding hydrogens is 601 g/mol. The van der Waals surface area contributed by atoms with Gasteiger partial charge in [0.25, 0.3) is 0 Å². The molecule has 0 atom stereocenters. The minimum absolute atomic E-state index is 0.996. The van der Waals surface area contributed by atoms with Crippen LogP contribution in [0.15, 0.2) is 103 Å². The highest BCUT2D eigenvalue weighted by Crippen LogP contribution is 2.25. The van der Waals surface area contributed by atoms with Gasteiger partial charge in [0.05, 0.1) is 0 Å². The first-order valence-electron chi connectivity index (χ1n) is 16.9. The lowest BCUT2D eigenvalue weighted by atomic mass is 10.1. The molecule has 1 aliphatic rings. The van der Waals surface area contributed by atoms with Crippen molar-refractivity contribution in [1.82, 2.24) is 4.90 Å². The lowest BCUT2D eigenvalue weighted by molar-refractivity contribution is -0.693. The summed E-state index contributed by atoms with van der Waals surface area (Å²) < 4.78 is 2.18. The first-order chi connectivity index (χ1) is 22.5. The van der Waals surface area contributed by atoms with Crippen molar-refractivity contribution in [2.24, 2.45) is 0 Å². The fraction of sp³-hybridized carbons (Fsp3) is 0.375. The molecule has 244 valence electrons. The summed E-state index contributed by atoms with van der Waals surface area (Å²) in [6, 6.07) is 22.1. The first kappa shape index (κ1) is 35.5. The molecule has 0 spiro atoms.